The van der Waals surface area contributed by atoms with Crippen LogP contribution in [-0.2, 0) is 6.42 Å². The number of ketones is 1. The molecule has 0 radical (unpaired) electrons. The summed E-state index contributed by atoms with van der Waals surface area (Å²) >= 11 is 25.0. The van der Waals surface area contributed by atoms with Gasteiger partial charge in [0.1, 0.15) is 20.0 Å². The Morgan fingerprint density at radius 1 is 1.11 bits per heavy atom. The number of hydrogen-bond acceptors (Lipinski definition) is 3. The van der Waals surface area contributed by atoms with Crippen molar-refractivity contribution in [3.63, 3.8) is 0 Å². The highest BCUT2D eigenvalue weighted by Gasteiger charge is 2.33. The molecular formula is C12H10Cl4O2S. The summed E-state index contributed by atoms with van der Waals surface area (Å²) < 4.78 is 5.72. The maximum Gasteiger partial charge on any atom is 0.213 e. The predicted molar refractivity (Wildman–Crippen MR) is 80.7 cm³/mol. The lowest BCUT2D eigenvalue weighted by Crippen LogP contribution is -2.26. The van der Waals surface area contributed by atoms with Crippen molar-refractivity contribution in [2.24, 2.45) is 5.41 Å². The molecule has 0 bridgehead atoms. The number of Topliss-reactive ketones (excluding diaryl/α,β-unsaturated/α-hetero) is 1. The van der Waals surface area contributed by atoms with Crippen LogP contribution in [0.3, 0.4) is 0 Å². The average molecular weight is 360 g/mol. The third kappa shape index (κ3) is 3.22. The van der Waals surface area contributed by atoms with Crippen molar-refractivity contribution >= 4 is 63.5 Å². The van der Waals surface area contributed by atoms with Gasteiger partial charge >= 0.3 is 0 Å². The van der Waals surface area contributed by atoms with E-state index in [0.29, 0.717) is 23.5 Å². The third-order valence-corrected chi connectivity index (χ3v) is 5.60. The van der Waals surface area contributed by atoms with E-state index >= 15 is 0 Å². The maximum atomic E-state index is 12.2. The molecule has 1 aromatic rings. The summed E-state index contributed by atoms with van der Waals surface area (Å²) in [5, 5.41) is 0.0637. The summed E-state index contributed by atoms with van der Waals surface area (Å²) in [6.45, 7) is 3.98. The standard InChI is InChI=1S/C12H10Cl4O2S/c1-12(2)3-5(17)9-6(4-12)18-10(15)7(13)8(14)11(16)19-9/h3-4H2,1-2H3. The molecule has 2 nitrogen and oxygen atoms in total. The zero-order valence-corrected chi connectivity index (χ0v) is 14.0. The Balaban J connectivity index is 2.79. The van der Waals surface area contributed by atoms with Crippen LogP contribution >= 0.6 is 57.7 Å². The molecule has 0 saturated carbocycles. The number of halogens is 4. The van der Waals surface area contributed by atoms with E-state index in [1.54, 1.807) is 0 Å². The third-order valence-electron chi connectivity index (χ3n) is 2.73. The number of fused-ring (bicyclic) bond motifs is 1. The van der Waals surface area contributed by atoms with E-state index in [1.807, 2.05) is 13.8 Å². The molecule has 0 fully saturated rings. The first kappa shape index (κ1) is 15.5. The van der Waals surface area contributed by atoms with E-state index in [-0.39, 0.29) is 30.8 Å². The van der Waals surface area contributed by atoms with Crippen LogP contribution in [0.25, 0.3) is 0 Å². The van der Waals surface area contributed by atoms with Gasteiger partial charge in [-0.1, -0.05) is 48.7 Å². The number of rotatable bonds is 0. The van der Waals surface area contributed by atoms with E-state index in [9.17, 15) is 4.79 Å². The molecule has 19 heavy (non-hydrogen) atoms. The van der Waals surface area contributed by atoms with Crippen molar-refractivity contribution < 1.29 is 9.21 Å². The second-order valence-electron chi connectivity index (χ2n) is 5.07. The quantitative estimate of drug-likeness (QED) is 0.549. The lowest BCUT2D eigenvalue weighted by atomic mass is 9.78. The second kappa shape index (κ2) is 5.45. The maximum absolute atomic E-state index is 12.2. The molecule has 0 amide bonds. The van der Waals surface area contributed by atoms with Gasteiger partial charge in [-0.15, -0.1) is 11.3 Å². The van der Waals surface area contributed by atoms with Crippen LogP contribution in [-0.4, -0.2) is 5.78 Å². The second-order valence-corrected chi connectivity index (χ2v) is 7.79. The largest absolute Gasteiger partial charge is 0.446 e. The summed E-state index contributed by atoms with van der Waals surface area (Å²) in [6.07, 6.45) is 1.02. The van der Waals surface area contributed by atoms with E-state index in [4.69, 9.17) is 50.8 Å². The molecule has 1 aromatic heterocycles. The summed E-state index contributed by atoms with van der Waals surface area (Å²) in [4.78, 5) is 12.6. The van der Waals surface area contributed by atoms with Crippen molar-refractivity contribution in [3.8, 4) is 0 Å². The molecule has 1 aliphatic rings. The number of carbonyl (C=O) groups excluding carboxylic acids is 1. The molecule has 0 aliphatic heterocycles. The highest BCUT2D eigenvalue weighted by Crippen LogP contribution is 2.42. The zero-order chi connectivity index (χ0) is 14.4. The fraction of sp³-hybridized carbons (Fsp3) is 0.417. The van der Waals surface area contributed by atoms with E-state index in [1.165, 1.54) is 0 Å². The van der Waals surface area contributed by atoms with Crippen molar-refractivity contribution in [1.29, 1.82) is 0 Å². The minimum Gasteiger partial charge on any atom is -0.446 e. The van der Waals surface area contributed by atoms with Crippen LogP contribution in [0.15, 0.2) is 4.42 Å². The van der Waals surface area contributed by atoms with Crippen molar-refractivity contribution in [3.05, 3.63) is 30.2 Å². The van der Waals surface area contributed by atoms with Crippen LogP contribution in [0.4, 0.5) is 0 Å². The lowest BCUT2D eigenvalue weighted by molar-refractivity contribution is 0.0905. The monoisotopic (exact) mass is 358 g/mol. The molecule has 2 rings (SSSR count). The van der Waals surface area contributed by atoms with Gasteiger partial charge in [0.15, 0.2) is 5.78 Å². The zero-order valence-electron chi connectivity index (χ0n) is 10.2. The summed E-state index contributed by atoms with van der Waals surface area (Å²) in [5.41, 5.74) is -0.181. The van der Waals surface area contributed by atoms with E-state index in [0.717, 1.165) is 11.3 Å². The topological polar surface area (TPSA) is 30.2 Å². The molecular weight excluding hydrogens is 350 g/mol. The van der Waals surface area contributed by atoms with Crippen molar-refractivity contribution in [1.82, 2.24) is 0 Å². The SMILES string of the molecule is CC1(C)CC(=O)c2sc(Cl)c(Cl)c(Cl)c(Cl)oc2C1. The molecule has 7 heteroatoms. The van der Waals surface area contributed by atoms with Gasteiger partial charge in [0.2, 0.25) is 5.22 Å². The van der Waals surface area contributed by atoms with E-state index in [2.05, 4.69) is 0 Å². The molecule has 1 heterocycles. The lowest BCUT2D eigenvalue weighted by Gasteiger charge is -2.28. The first-order chi connectivity index (χ1) is 8.71. The smallest absolute Gasteiger partial charge is 0.213 e. The minimum absolute atomic E-state index is 0.0265. The molecule has 104 valence electrons. The van der Waals surface area contributed by atoms with Gasteiger partial charge in [0, 0.05) is 12.8 Å². The summed E-state index contributed by atoms with van der Waals surface area (Å²) in [5.74, 6) is 0.470. The number of carbonyl (C=O) groups is 1. The molecule has 1 aliphatic carbocycles. The fourth-order valence-corrected chi connectivity index (χ4v) is 3.69. The molecule has 0 atom stereocenters. The van der Waals surface area contributed by atoms with Crippen molar-refractivity contribution in [2.45, 2.75) is 26.7 Å². The van der Waals surface area contributed by atoms with Crippen molar-refractivity contribution in [2.75, 3.05) is 0 Å². The van der Waals surface area contributed by atoms with E-state index < -0.39 is 0 Å². The molecule has 0 unspecified atom stereocenters. The van der Waals surface area contributed by atoms with Gasteiger partial charge < -0.3 is 4.42 Å². The Bertz CT molecular complexity index is 600. The van der Waals surface area contributed by atoms with Gasteiger partial charge in [0.25, 0.3) is 0 Å². The number of hydrogen-bond donors (Lipinski definition) is 0. The summed E-state index contributed by atoms with van der Waals surface area (Å²) in [6, 6.07) is 0. The fourth-order valence-electron chi connectivity index (χ4n) is 1.90. The highest BCUT2D eigenvalue weighted by atomic mass is 35.5. The molecule has 0 N–H and O–H groups in total. The highest BCUT2D eigenvalue weighted by molar-refractivity contribution is 7.18. The van der Waals surface area contributed by atoms with Crippen LogP contribution < -0.4 is 0 Å². The molecule has 0 saturated heterocycles. The Labute approximate surface area is 134 Å². The Morgan fingerprint density at radius 2 is 1.74 bits per heavy atom. The van der Waals surface area contributed by atoms with Gasteiger partial charge in [-0.05, 0) is 17.0 Å². The normalized spacial score (nSPS) is 17.1. The van der Waals surface area contributed by atoms with Crippen LogP contribution in [0.1, 0.15) is 35.7 Å². The van der Waals surface area contributed by atoms with Gasteiger partial charge in [0.05, 0.1) is 5.02 Å². The minimum atomic E-state index is -0.181. The molecule has 0 aromatic carbocycles. The first-order valence-corrected chi connectivity index (χ1v) is 7.77. The van der Waals surface area contributed by atoms with Crippen LogP contribution in [0.2, 0.25) is 19.6 Å². The van der Waals surface area contributed by atoms with Crippen LogP contribution in [0, 0.1) is 5.41 Å². The van der Waals surface area contributed by atoms with Crippen LogP contribution in [0.5, 0.6) is 0 Å². The first-order valence-electron chi connectivity index (χ1n) is 5.44. The summed E-state index contributed by atoms with van der Waals surface area (Å²) in [7, 11) is 0. The Hall–Kier alpha value is 0.0700. The Kier molecular flexibility index (Phi) is 4.44. The van der Waals surface area contributed by atoms with Gasteiger partial charge in [-0.2, -0.15) is 0 Å². The van der Waals surface area contributed by atoms with Gasteiger partial charge in [-0.25, -0.2) is 0 Å². The molecule has 0 spiro atoms. The predicted octanol–water partition coefficient (Wildman–Crippen LogP) is 6.23. The Morgan fingerprint density at radius 3 is 2.37 bits per heavy atom. The van der Waals surface area contributed by atoms with Gasteiger partial charge in [-0.3, -0.25) is 4.79 Å². The average Bonchev–Trinajstić information content (AvgIpc) is 2.29.